The Bertz CT molecular complexity index is 888. The fourth-order valence-corrected chi connectivity index (χ4v) is 2.94. The number of amides is 1. The van der Waals surface area contributed by atoms with Crippen LogP contribution in [-0.2, 0) is 6.61 Å². The average molecular weight is 353 g/mol. The number of aryl methyl sites for hydroxylation is 3. The third kappa shape index (κ3) is 4.22. The third-order valence-electron chi connectivity index (χ3n) is 3.87. The Balaban J connectivity index is 1.63. The van der Waals surface area contributed by atoms with Gasteiger partial charge in [0, 0.05) is 11.3 Å². The van der Waals surface area contributed by atoms with Crippen LogP contribution >= 0.6 is 11.7 Å². The minimum atomic E-state index is -0.141. The van der Waals surface area contributed by atoms with Crippen LogP contribution < -0.4 is 10.1 Å². The Hall–Kier alpha value is -2.73. The van der Waals surface area contributed by atoms with Crippen molar-refractivity contribution in [2.45, 2.75) is 27.4 Å². The van der Waals surface area contributed by atoms with E-state index in [1.165, 1.54) is 17.3 Å². The predicted molar refractivity (Wildman–Crippen MR) is 99.3 cm³/mol. The molecule has 128 valence electrons. The molecule has 2 aromatic carbocycles. The molecule has 1 heterocycles. The van der Waals surface area contributed by atoms with Crippen LogP contribution in [-0.4, -0.2) is 14.7 Å². The number of anilines is 1. The van der Waals surface area contributed by atoms with Crippen molar-refractivity contribution in [2.75, 3.05) is 5.32 Å². The van der Waals surface area contributed by atoms with E-state index in [-0.39, 0.29) is 5.91 Å². The molecule has 6 heteroatoms. The van der Waals surface area contributed by atoms with Crippen LogP contribution in [0.25, 0.3) is 0 Å². The van der Waals surface area contributed by atoms with Crippen LogP contribution in [0, 0.1) is 20.8 Å². The van der Waals surface area contributed by atoms with Gasteiger partial charge >= 0.3 is 0 Å². The van der Waals surface area contributed by atoms with Gasteiger partial charge in [0.05, 0.1) is 17.4 Å². The Morgan fingerprint density at radius 3 is 2.48 bits per heavy atom. The number of aromatic nitrogens is 2. The smallest absolute Gasteiger partial charge is 0.255 e. The fourth-order valence-electron chi connectivity index (χ4n) is 2.38. The van der Waals surface area contributed by atoms with Gasteiger partial charge in [-0.1, -0.05) is 17.7 Å². The van der Waals surface area contributed by atoms with Crippen molar-refractivity contribution in [1.29, 1.82) is 0 Å². The highest BCUT2D eigenvalue weighted by Gasteiger charge is 2.09. The van der Waals surface area contributed by atoms with E-state index in [0.717, 1.165) is 22.6 Å². The zero-order valence-corrected chi connectivity index (χ0v) is 15.2. The lowest BCUT2D eigenvalue weighted by Crippen LogP contribution is -2.12. The molecule has 0 aliphatic heterocycles. The maximum absolute atomic E-state index is 12.4. The molecule has 0 atom stereocenters. The molecule has 1 aromatic heterocycles. The zero-order chi connectivity index (χ0) is 17.8. The van der Waals surface area contributed by atoms with Gasteiger partial charge < -0.3 is 10.1 Å². The molecular weight excluding hydrogens is 334 g/mol. The maximum Gasteiger partial charge on any atom is 0.255 e. The molecule has 0 bridgehead atoms. The molecule has 0 aliphatic rings. The number of carbonyl (C=O) groups is 1. The monoisotopic (exact) mass is 353 g/mol. The summed E-state index contributed by atoms with van der Waals surface area (Å²) in [7, 11) is 0. The van der Waals surface area contributed by atoms with Crippen molar-refractivity contribution in [3.05, 3.63) is 70.5 Å². The summed E-state index contributed by atoms with van der Waals surface area (Å²) in [5.74, 6) is 0.550. The van der Waals surface area contributed by atoms with Crippen molar-refractivity contribution in [3.63, 3.8) is 0 Å². The standard InChI is InChI=1S/C19H19N3O2S/c1-12-4-9-17(13(2)10-12)20-19(23)15-5-7-16(8-6-15)24-11-18-14(3)21-25-22-18/h4-10H,11H2,1-3H3,(H,20,23). The van der Waals surface area contributed by atoms with E-state index in [2.05, 4.69) is 14.1 Å². The van der Waals surface area contributed by atoms with Gasteiger partial charge in [-0.05, 0) is 56.7 Å². The second-order valence-electron chi connectivity index (χ2n) is 5.88. The third-order valence-corrected chi connectivity index (χ3v) is 4.53. The largest absolute Gasteiger partial charge is 0.487 e. The molecule has 3 aromatic rings. The number of nitrogens with zero attached hydrogens (tertiary/aromatic N) is 2. The van der Waals surface area contributed by atoms with E-state index in [1.54, 1.807) is 24.3 Å². The summed E-state index contributed by atoms with van der Waals surface area (Å²) in [5, 5.41) is 2.94. The summed E-state index contributed by atoms with van der Waals surface area (Å²) in [6, 6.07) is 13.0. The number of carbonyl (C=O) groups excluding carboxylic acids is 1. The minimum Gasteiger partial charge on any atom is -0.487 e. The topological polar surface area (TPSA) is 64.1 Å². The number of hydrogen-bond acceptors (Lipinski definition) is 5. The van der Waals surface area contributed by atoms with E-state index in [0.29, 0.717) is 17.9 Å². The molecule has 25 heavy (non-hydrogen) atoms. The van der Waals surface area contributed by atoms with E-state index < -0.39 is 0 Å². The van der Waals surface area contributed by atoms with Gasteiger partial charge in [-0.25, -0.2) is 0 Å². The van der Waals surface area contributed by atoms with Crippen LogP contribution in [0.1, 0.15) is 32.9 Å². The Labute approximate surface area is 151 Å². The quantitative estimate of drug-likeness (QED) is 0.743. The summed E-state index contributed by atoms with van der Waals surface area (Å²) < 4.78 is 14.0. The summed E-state index contributed by atoms with van der Waals surface area (Å²) in [5.41, 5.74) is 5.33. The van der Waals surface area contributed by atoms with Crippen LogP contribution in [0.15, 0.2) is 42.5 Å². The molecule has 0 radical (unpaired) electrons. The number of nitrogens with one attached hydrogen (secondary N) is 1. The van der Waals surface area contributed by atoms with Crippen LogP contribution in [0.5, 0.6) is 5.75 Å². The van der Waals surface area contributed by atoms with Gasteiger partial charge in [0.2, 0.25) is 0 Å². The van der Waals surface area contributed by atoms with Crippen molar-refractivity contribution in [2.24, 2.45) is 0 Å². The number of hydrogen-bond donors (Lipinski definition) is 1. The number of ether oxygens (including phenoxy) is 1. The Kier molecular flexibility index (Phi) is 5.09. The summed E-state index contributed by atoms with van der Waals surface area (Å²) in [6.07, 6.45) is 0. The lowest BCUT2D eigenvalue weighted by molar-refractivity contribution is 0.102. The molecule has 1 N–H and O–H groups in total. The first-order valence-electron chi connectivity index (χ1n) is 7.92. The highest BCUT2D eigenvalue weighted by atomic mass is 32.1. The summed E-state index contributed by atoms with van der Waals surface area (Å²) in [4.78, 5) is 12.4. The van der Waals surface area contributed by atoms with E-state index >= 15 is 0 Å². The molecular formula is C19H19N3O2S. The molecule has 5 nitrogen and oxygen atoms in total. The second kappa shape index (κ2) is 7.44. The van der Waals surface area contributed by atoms with Gasteiger partial charge in [0.15, 0.2) is 0 Å². The molecule has 3 rings (SSSR count). The number of benzene rings is 2. The lowest BCUT2D eigenvalue weighted by atomic mass is 10.1. The molecule has 0 saturated heterocycles. The van der Waals surface area contributed by atoms with Gasteiger partial charge in [-0.2, -0.15) is 8.75 Å². The van der Waals surface area contributed by atoms with Crippen LogP contribution in [0.2, 0.25) is 0 Å². The van der Waals surface area contributed by atoms with Crippen LogP contribution in [0.4, 0.5) is 5.69 Å². The normalized spacial score (nSPS) is 10.5. The molecule has 1 amide bonds. The highest BCUT2D eigenvalue weighted by Crippen LogP contribution is 2.19. The van der Waals surface area contributed by atoms with E-state index in [4.69, 9.17) is 4.74 Å². The van der Waals surface area contributed by atoms with Gasteiger partial charge in [0.25, 0.3) is 5.91 Å². The van der Waals surface area contributed by atoms with Crippen molar-refractivity contribution in [1.82, 2.24) is 8.75 Å². The second-order valence-corrected chi connectivity index (χ2v) is 6.41. The molecule has 0 aliphatic carbocycles. The SMILES string of the molecule is Cc1ccc(NC(=O)c2ccc(OCc3nsnc3C)cc2)c(C)c1. The van der Waals surface area contributed by atoms with Gasteiger partial charge in [0.1, 0.15) is 18.1 Å². The first-order valence-corrected chi connectivity index (χ1v) is 8.65. The Morgan fingerprint density at radius 2 is 1.84 bits per heavy atom. The number of rotatable bonds is 5. The van der Waals surface area contributed by atoms with E-state index in [1.807, 2.05) is 39.0 Å². The summed E-state index contributed by atoms with van der Waals surface area (Å²) >= 11 is 1.18. The van der Waals surface area contributed by atoms with Crippen molar-refractivity contribution in [3.8, 4) is 5.75 Å². The minimum absolute atomic E-state index is 0.141. The first kappa shape index (κ1) is 17.1. The molecule has 0 fully saturated rings. The zero-order valence-electron chi connectivity index (χ0n) is 14.4. The van der Waals surface area contributed by atoms with Crippen molar-refractivity contribution < 1.29 is 9.53 Å². The molecule has 0 spiro atoms. The van der Waals surface area contributed by atoms with Crippen molar-refractivity contribution >= 4 is 23.3 Å². The Morgan fingerprint density at radius 1 is 1.08 bits per heavy atom. The van der Waals surface area contributed by atoms with Crippen LogP contribution in [0.3, 0.4) is 0 Å². The van der Waals surface area contributed by atoms with Gasteiger partial charge in [-0.3, -0.25) is 4.79 Å². The molecule has 0 unspecified atom stereocenters. The highest BCUT2D eigenvalue weighted by molar-refractivity contribution is 6.99. The van der Waals surface area contributed by atoms with E-state index in [9.17, 15) is 4.79 Å². The maximum atomic E-state index is 12.4. The first-order chi connectivity index (χ1) is 12.0. The molecule has 0 saturated carbocycles. The average Bonchev–Trinajstić information content (AvgIpc) is 3.01. The predicted octanol–water partition coefficient (Wildman–Crippen LogP) is 4.29. The lowest BCUT2D eigenvalue weighted by Gasteiger charge is -2.10. The summed E-state index contributed by atoms with van der Waals surface area (Å²) in [6.45, 7) is 6.29. The van der Waals surface area contributed by atoms with Gasteiger partial charge in [-0.15, -0.1) is 0 Å². The fraction of sp³-hybridized carbons (Fsp3) is 0.211.